The average molecular weight is 210 g/mol. The van der Waals surface area contributed by atoms with Crippen LogP contribution in [-0.2, 0) is 14.2 Å². The molecule has 0 radical (unpaired) electrons. The molecule has 1 aliphatic heterocycles. The maximum absolute atomic E-state index is 13.5. The number of halogens is 1. The summed E-state index contributed by atoms with van der Waals surface area (Å²) >= 11 is 1.43. The van der Waals surface area contributed by atoms with Gasteiger partial charge in [-0.2, -0.15) is 0 Å². The van der Waals surface area contributed by atoms with Gasteiger partial charge in [-0.05, 0) is 0 Å². The van der Waals surface area contributed by atoms with Crippen LogP contribution in [0.1, 0.15) is 0 Å². The van der Waals surface area contributed by atoms with E-state index in [-0.39, 0.29) is 5.25 Å². The van der Waals surface area contributed by atoms with E-state index in [1.807, 2.05) is 0 Å². The number of rotatable bonds is 4. The lowest BCUT2D eigenvalue weighted by molar-refractivity contribution is -0.0112. The minimum absolute atomic E-state index is 0.0231. The molecule has 0 amide bonds. The predicted octanol–water partition coefficient (Wildman–Crippen LogP) is 1.07. The van der Waals surface area contributed by atoms with Gasteiger partial charge >= 0.3 is 0 Å². The van der Waals surface area contributed by atoms with Crippen molar-refractivity contribution < 1.29 is 18.6 Å². The first kappa shape index (κ1) is 11.2. The number of thioether (sulfide) groups is 1. The van der Waals surface area contributed by atoms with Gasteiger partial charge in [-0.25, -0.2) is 4.39 Å². The van der Waals surface area contributed by atoms with Crippen LogP contribution in [0.15, 0.2) is 0 Å². The lowest BCUT2D eigenvalue weighted by Crippen LogP contribution is -2.33. The molecule has 3 nitrogen and oxygen atoms in total. The van der Waals surface area contributed by atoms with Gasteiger partial charge in [0.05, 0.1) is 11.9 Å². The van der Waals surface area contributed by atoms with Crippen LogP contribution >= 0.6 is 11.8 Å². The van der Waals surface area contributed by atoms with Crippen molar-refractivity contribution in [3.63, 3.8) is 0 Å². The Balaban J connectivity index is 2.55. The van der Waals surface area contributed by atoms with Crippen LogP contribution in [0, 0.1) is 0 Å². The van der Waals surface area contributed by atoms with Crippen molar-refractivity contribution in [3.05, 3.63) is 0 Å². The number of hydrogen-bond acceptors (Lipinski definition) is 4. The fraction of sp³-hybridized carbons (Fsp3) is 1.00. The second kappa shape index (κ2) is 5.14. The second-order valence-electron chi connectivity index (χ2n) is 2.88. The molecule has 4 atom stereocenters. The molecule has 0 bridgehead atoms. The molecule has 1 fully saturated rings. The fourth-order valence-corrected chi connectivity index (χ4v) is 2.84. The van der Waals surface area contributed by atoms with E-state index >= 15 is 0 Å². The van der Waals surface area contributed by atoms with Crippen LogP contribution in [0.4, 0.5) is 4.39 Å². The first-order chi connectivity index (χ1) is 6.24. The molecule has 1 unspecified atom stereocenters. The summed E-state index contributed by atoms with van der Waals surface area (Å²) in [6, 6.07) is 0. The molecule has 5 heteroatoms. The Hall–Kier alpha value is 0.160. The highest BCUT2D eigenvalue weighted by molar-refractivity contribution is 8.00. The van der Waals surface area contributed by atoms with Gasteiger partial charge in [0.25, 0.3) is 0 Å². The van der Waals surface area contributed by atoms with E-state index in [4.69, 9.17) is 14.2 Å². The Kier molecular flexibility index (Phi) is 4.45. The first-order valence-corrected chi connectivity index (χ1v) is 5.03. The van der Waals surface area contributed by atoms with E-state index in [2.05, 4.69) is 0 Å². The molecule has 1 heterocycles. The van der Waals surface area contributed by atoms with Crippen molar-refractivity contribution >= 4 is 11.8 Å². The molecule has 0 aromatic heterocycles. The van der Waals surface area contributed by atoms with Crippen LogP contribution in [0.3, 0.4) is 0 Å². The molecule has 0 spiro atoms. The van der Waals surface area contributed by atoms with Crippen molar-refractivity contribution in [1.29, 1.82) is 0 Å². The molecular weight excluding hydrogens is 195 g/mol. The van der Waals surface area contributed by atoms with Gasteiger partial charge in [0.2, 0.25) is 0 Å². The summed E-state index contributed by atoms with van der Waals surface area (Å²) in [5.41, 5.74) is -0.426. The van der Waals surface area contributed by atoms with Crippen molar-refractivity contribution in [3.8, 4) is 0 Å². The lowest BCUT2D eigenvalue weighted by atomic mass is 10.2. The van der Waals surface area contributed by atoms with Crippen LogP contribution in [0.2, 0.25) is 0 Å². The topological polar surface area (TPSA) is 27.7 Å². The number of methoxy groups -OCH3 is 3. The summed E-state index contributed by atoms with van der Waals surface area (Å²) in [7, 11) is 4.62. The number of ether oxygens (including phenoxy) is 3. The van der Waals surface area contributed by atoms with E-state index in [9.17, 15) is 4.39 Å². The maximum atomic E-state index is 13.5. The normalized spacial score (nSPS) is 39.7. The minimum atomic E-state index is -1.07. The molecule has 0 N–H and O–H groups in total. The quantitative estimate of drug-likeness (QED) is 0.694. The standard InChI is InChI=1S/C8H15FO3S/c1-10-4-5-7(11-2)6(9)8(12-3)13-5/h5-8H,4H2,1-3H3/t5-,6-,7-,8?/m1/s1. The van der Waals surface area contributed by atoms with Gasteiger partial charge in [0, 0.05) is 21.3 Å². The van der Waals surface area contributed by atoms with Crippen molar-refractivity contribution in [2.45, 2.75) is 23.0 Å². The highest BCUT2D eigenvalue weighted by atomic mass is 32.2. The Bertz CT molecular complexity index is 158. The molecule has 1 rings (SSSR count). The summed E-state index contributed by atoms with van der Waals surface area (Å²) in [5.74, 6) is 0. The van der Waals surface area contributed by atoms with Gasteiger partial charge in [-0.3, -0.25) is 0 Å². The predicted molar refractivity (Wildman–Crippen MR) is 49.7 cm³/mol. The summed E-state index contributed by atoms with van der Waals surface area (Å²) < 4.78 is 28.5. The Morgan fingerprint density at radius 1 is 1.23 bits per heavy atom. The third-order valence-electron chi connectivity index (χ3n) is 2.08. The third kappa shape index (κ3) is 2.34. The molecule has 0 aromatic carbocycles. The monoisotopic (exact) mass is 210 g/mol. The SMILES string of the molecule is COC[C@H]1SC(OC)[C@H](F)[C@@H]1OC. The third-order valence-corrected chi connectivity index (χ3v) is 3.56. The summed E-state index contributed by atoms with van der Waals surface area (Å²) in [6.07, 6.45) is -1.49. The van der Waals surface area contributed by atoms with Crippen LogP contribution in [0.25, 0.3) is 0 Å². The largest absolute Gasteiger partial charge is 0.383 e. The van der Waals surface area contributed by atoms with E-state index in [1.54, 1.807) is 7.11 Å². The van der Waals surface area contributed by atoms with Gasteiger partial charge in [0.1, 0.15) is 11.5 Å². The zero-order valence-corrected chi connectivity index (χ0v) is 8.84. The van der Waals surface area contributed by atoms with E-state index < -0.39 is 17.7 Å². The van der Waals surface area contributed by atoms with Crippen molar-refractivity contribution in [1.82, 2.24) is 0 Å². The highest BCUT2D eigenvalue weighted by Gasteiger charge is 2.45. The second-order valence-corrected chi connectivity index (χ2v) is 4.22. The highest BCUT2D eigenvalue weighted by Crippen LogP contribution is 2.38. The number of hydrogen-bond donors (Lipinski definition) is 0. The van der Waals surface area contributed by atoms with Gasteiger partial charge in [0.15, 0.2) is 6.17 Å². The van der Waals surface area contributed by atoms with E-state index in [0.29, 0.717) is 6.61 Å². The molecule has 0 saturated carbocycles. The molecule has 1 aliphatic rings. The lowest BCUT2D eigenvalue weighted by Gasteiger charge is -2.17. The first-order valence-electron chi connectivity index (χ1n) is 4.08. The Morgan fingerprint density at radius 2 is 1.92 bits per heavy atom. The smallest absolute Gasteiger partial charge is 0.163 e. The number of alkyl halides is 1. The van der Waals surface area contributed by atoms with Crippen molar-refractivity contribution in [2.24, 2.45) is 0 Å². The molecule has 0 aromatic rings. The molecule has 0 aliphatic carbocycles. The zero-order valence-electron chi connectivity index (χ0n) is 8.03. The molecular formula is C8H15FO3S. The van der Waals surface area contributed by atoms with Gasteiger partial charge in [-0.1, -0.05) is 0 Å². The maximum Gasteiger partial charge on any atom is 0.163 e. The molecule has 78 valence electrons. The van der Waals surface area contributed by atoms with Crippen molar-refractivity contribution in [2.75, 3.05) is 27.9 Å². The van der Waals surface area contributed by atoms with Crippen LogP contribution in [-0.4, -0.2) is 50.9 Å². The van der Waals surface area contributed by atoms with Crippen LogP contribution < -0.4 is 0 Å². The van der Waals surface area contributed by atoms with Gasteiger partial charge < -0.3 is 14.2 Å². The summed E-state index contributed by atoms with van der Waals surface area (Å²) in [4.78, 5) is 0. The Labute approximate surface area is 81.9 Å². The van der Waals surface area contributed by atoms with Gasteiger partial charge in [-0.15, -0.1) is 11.8 Å². The fourth-order valence-electron chi connectivity index (χ4n) is 1.45. The molecule has 1 saturated heterocycles. The van der Waals surface area contributed by atoms with Crippen LogP contribution in [0.5, 0.6) is 0 Å². The minimum Gasteiger partial charge on any atom is -0.383 e. The van der Waals surface area contributed by atoms with E-state index in [0.717, 1.165) is 0 Å². The van der Waals surface area contributed by atoms with E-state index in [1.165, 1.54) is 26.0 Å². The average Bonchev–Trinajstić information content (AvgIpc) is 2.43. The summed E-state index contributed by atoms with van der Waals surface area (Å²) in [5, 5.41) is 0.0231. The Morgan fingerprint density at radius 3 is 2.38 bits per heavy atom. The molecule has 13 heavy (non-hydrogen) atoms. The summed E-state index contributed by atoms with van der Waals surface area (Å²) in [6.45, 7) is 0.490. The zero-order chi connectivity index (χ0) is 9.84.